The molecule has 5 amide bonds. The van der Waals surface area contributed by atoms with Gasteiger partial charge in [-0.2, -0.15) is 0 Å². The molecule has 0 radical (unpaired) electrons. The van der Waals surface area contributed by atoms with Gasteiger partial charge in [-0.1, -0.05) is 31.5 Å². The van der Waals surface area contributed by atoms with Crippen LogP contribution in [0, 0.1) is 6.92 Å². The van der Waals surface area contributed by atoms with Gasteiger partial charge in [-0.15, -0.1) is 0 Å². The molecule has 0 bridgehead atoms. The molecule has 134 valence electrons. The fraction of sp³-hybridized carbons (Fsp3) is 0.500. The largest absolute Gasteiger partial charge is 0.322 e. The molecule has 0 aromatic heterocycles. The van der Waals surface area contributed by atoms with Gasteiger partial charge in [0.15, 0.2) is 0 Å². The Morgan fingerprint density at radius 1 is 1.24 bits per heavy atom. The predicted molar refractivity (Wildman–Crippen MR) is 94.5 cm³/mol. The van der Waals surface area contributed by atoms with Crippen molar-refractivity contribution in [2.45, 2.75) is 45.6 Å². The van der Waals surface area contributed by atoms with Gasteiger partial charge in [-0.3, -0.25) is 10.1 Å². The highest BCUT2D eigenvalue weighted by Gasteiger charge is 2.51. The van der Waals surface area contributed by atoms with E-state index in [1.165, 1.54) is 5.56 Å². The summed E-state index contributed by atoms with van der Waals surface area (Å²) < 4.78 is 0. The predicted octanol–water partition coefficient (Wildman–Crippen LogP) is 1.94. The number of aryl methyl sites for hydroxylation is 3. The summed E-state index contributed by atoms with van der Waals surface area (Å²) in [5.74, 6) is -0.355. The first-order valence-corrected chi connectivity index (χ1v) is 8.70. The molecule has 3 N–H and O–H groups in total. The van der Waals surface area contributed by atoms with Crippen LogP contribution in [0.15, 0.2) is 12.1 Å². The number of imide groups is 1. The zero-order valence-corrected chi connectivity index (χ0v) is 14.9. The second kappa shape index (κ2) is 6.38. The second-order valence-electron chi connectivity index (χ2n) is 6.76. The molecular formula is C18H24N4O3. The molecule has 2 saturated heterocycles. The number of anilines is 1. The van der Waals surface area contributed by atoms with Gasteiger partial charge in [-0.05, 0) is 37.3 Å². The van der Waals surface area contributed by atoms with E-state index in [2.05, 4.69) is 48.9 Å². The van der Waals surface area contributed by atoms with Crippen molar-refractivity contribution in [1.82, 2.24) is 15.5 Å². The van der Waals surface area contributed by atoms with Gasteiger partial charge < -0.3 is 15.5 Å². The van der Waals surface area contributed by atoms with Gasteiger partial charge in [0, 0.05) is 12.2 Å². The molecule has 7 nitrogen and oxygen atoms in total. The number of carbonyl (C=O) groups excluding carboxylic acids is 3. The van der Waals surface area contributed by atoms with Crippen LogP contribution in [0.3, 0.4) is 0 Å². The van der Waals surface area contributed by atoms with Gasteiger partial charge in [0.05, 0.1) is 6.54 Å². The maximum Gasteiger partial charge on any atom is 0.322 e. The van der Waals surface area contributed by atoms with Gasteiger partial charge in [0.2, 0.25) is 0 Å². The van der Waals surface area contributed by atoms with E-state index in [9.17, 15) is 14.4 Å². The number of amides is 5. The average Bonchev–Trinajstić information content (AvgIpc) is 3.12. The summed E-state index contributed by atoms with van der Waals surface area (Å²) in [6, 6.07) is 3.45. The van der Waals surface area contributed by atoms with Crippen molar-refractivity contribution in [2.24, 2.45) is 0 Å². The molecule has 2 heterocycles. The van der Waals surface area contributed by atoms with Crippen LogP contribution in [0.1, 0.15) is 37.0 Å². The maximum absolute atomic E-state index is 12.7. The van der Waals surface area contributed by atoms with E-state index < -0.39 is 11.6 Å². The molecule has 1 atom stereocenters. The van der Waals surface area contributed by atoms with Crippen molar-refractivity contribution in [3.63, 3.8) is 0 Å². The molecule has 7 heteroatoms. The monoisotopic (exact) mass is 344 g/mol. The van der Waals surface area contributed by atoms with Crippen molar-refractivity contribution in [3.05, 3.63) is 28.8 Å². The average molecular weight is 344 g/mol. The molecule has 2 aliphatic heterocycles. The number of rotatable bonds is 3. The van der Waals surface area contributed by atoms with E-state index in [1.807, 2.05) is 0 Å². The molecule has 0 aliphatic carbocycles. The number of likely N-dealkylation sites (tertiary alicyclic amines) is 1. The zero-order valence-electron chi connectivity index (χ0n) is 14.9. The molecule has 3 rings (SSSR count). The Morgan fingerprint density at radius 3 is 2.40 bits per heavy atom. The Balaban J connectivity index is 1.78. The van der Waals surface area contributed by atoms with Crippen molar-refractivity contribution >= 4 is 23.7 Å². The highest BCUT2D eigenvalue weighted by Crippen LogP contribution is 2.28. The lowest BCUT2D eigenvalue weighted by Gasteiger charge is -2.23. The minimum atomic E-state index is -0.983. The fourth-order valence-electron chi connectivity index (χ4n) is 3.64. The van der Waals surface area contributed by atoms with Crippen molar-refractivity contribution in [2.75, 3.05) is 18.4 Å². The number of nitrogens with zero attached hydrogens (tertiary/aromatic N) is 1. The molecule has 2 aliphatic rings. The van der Waals surface area contributed by atoms with Crippen molar-refractivity contribution in [3.8, 4) is 0 Å². The summed E-state index contributed by atoms with van der Waals surface area (Å²) in [6.07, 6.45) is 2.08. The molecule has 1 aromatic carbocycles. The highest BCUT2D eigenvalue weighted by molar-refractivity contribution is 6.08. The molecule has 0 saturated carbocycles. The van der Waals surface area contributed by atoms with E-state index in [4.69, 9.17) is 0 Å². The summed E-state index contributed by atoms with van der Waals surface area (Å²) >= 11 is 0. The standard InChI is InChI=1S/C18H24N4O3/c1-4-12-8-11(3)9-13(5-2)14(12)19-17(25)22-7-6-18(10-22)15(23)20-16(24)21-18/h8-9H,4-7,10H2,1-3H3,(H,19,25)(H2,20,21,23,24). The lowest BCUT2D eigenvalue weighted by atomic mass is 9.99. The number of hydrogen-bond donors (Lipinski definition) is 3. The van der Waals surface area contributed by atoms with E-state index in [0.717, 1.165) is 29.7 Å². The molecule has 2 fully saturated rings. The van der Waals surface area contributed by atoms with Crippen LogP contribution in [0.2, 0.25) is 0 Å². The molecular weight excluding hydrogens is 320 g/mol. The Kier molecular flexibility index (Phi) is 4.41. The minimum Gasteiger partial charge on any atom is -0.322 e. The Labute approximate surface area is 147 Å². The van der Waals surface area contributed by atoms with Crippen molar-refractivity contribution in [1.29, 1.82) is 0 Å². The number of urea groups is 2. The first kappa shape index (κ1) is 17.3. The van der Waals surface area contributed by atoms with Crippen LogP contribution in [0.4, 0.5) is 15.3 Å². The number of benzene rings is 1. The summed E-state index contributed by atoms with van der Waals surface area (Å²) in [4.78, 5) is 37.8. The van der Waals surface area contributed by atoms with Gasteiger partial charge in [-0.25, -0.2) is 9.59 Å². The zero-order chi connectivity index (χ0) is 18.2. The Morgan fingerprint density at radius 2 is 1.88 bits per heavy atom. The minimum absolute atomic E-state index is 0.186. The smallest absolute Gasteiger partial charge is 0.322 e. The van der Waals surface area contributed by atoms with Crippen LogP contribution in [-0.2, 0) is 17.6 Å². The first-order valence-electron chi connectivity index (χ1n) is 8.70. The van der Waals surface area contributed by atoms with Crippen LogP contribution in [0.5, 0.6) is 0 Å². The first-order chi connectivity index (χ1) is 11.9. The van der Waals surface area contributed by atoms with Crippen LogP contribution >= 0.6 is 0 Å². The normalized spacial score (nSPS) is 22.3. The second-order valence-corrected chi connectivity index (χ2v) is 6.76. The fourth-order valence-corrected chi connectivity index (χ4v) is 3.64. The van der Waals surface area contributed by atoms with Crippen LogP contribution < -0.4 is 16.0 Å². The number of hydrogen-bond acceptors (Lipinski definition) is 3. The topological polar surface area (TPSA) is 90.5 Å². The third-order valence-corrected chi connectivity index (χ3v) is 5.01. The highest BCUT2D eigenvalue weighted by atomic mass is 16.2. The SMILES string of the molecule is CCc1cc(C)cc(CC)c1NC(=O)N1CCC2(C1)NC(=O)NC2=O. The quantitative estimate of drug-likeness (QED) is 0.732. The lowest BCUT2D eigenvalue weighted by molar-refractivity contribution is -0.123. The van der Waals surface area contributed by atoms with Gasteiger partial charge in [0.25, 0.3) is 5.91 Å². The third kappa shape index (κ3) is 3.06. The Bertz CT molecular complexity index is 721. The van der Waals surface area contributed by atoms with Gasteiger partial charge in [0.1, 0.15) is 5.54 Å². The van der Waals surface area contributed by atoms with E-state index in [1.54, 1.807) is 4.90 Å². The molecule has 1 aromatic rings. The number of carbonyl (C=O) groups is 3. The summed E-state index contributed by atoms with van der Waals surface area (Å²) in [5.41, 5.74) is 3.26. The van der Waals surface area contributed by atoms with E-state index >= 15 is 0 Å². The van der Waals surface area contributed by atoms with Gasteiger partial charge >= 0.3 is 12.1 Å². The van der Waals surface area contributed by atoms with Crippen LogP contribution in [-0.4, -0.2) is 41.5 Å². The molecule has 1 spiro atoms. The van der Waals surface area contributed by atoms with E-state index in [0.29, 0.717) is 13.0 Å². The summed E-state index contributed by atoms with van der Waals surface area (Å²) in [5, 5.41) is 7.94. The summed E-state index contributed by atoms with van der Waals surface area (Å²) in [7, 11) is 0. The maximum atomic E-state index is 12.7. The third-order valence-electron chi connectivity index (χ3n) is 5.01. The lowest BCUT2D eigenvalue weighted by Crippen LogP contribution is -2.50. The van der Waals surface area contributed by atoms with Crippen LogP contribution in [0.25, 0.3) is 0 Å². The number of nitrogens with one attached hydrogen (secondary N) is 3. The van der Waals surface area contributed by atoms with Crippen molar-refractivity contribution < 1.29 is 14.4 Å². The molecule has 25 heavy (non-hydrogen) atoms. The summed E-state index contributed by atoms with van der Waals surface area (Å²) in [6.45, 7) is 6.79. The van der Waals surface area contributed by atoms with E-state index in [-0.39, 0.29) is 18.5 Å². The molecule has 1 unspecified atom stereocenters. The Hall–Kier alpha value is -2.57.